The molecule has 1 aliphatic heterocycles. The summed E-state index contributed by atoms with van der Waals surface area (Å²) in [6.07, 6.45) is 2.94. The Bertz CT molecular complexity index is 243. The van der Waals surface area contributed by atoms with Crippen LogP contribution in [0.4, 0.5) is 0 Å². The summed E-state index contributed by atoms with van der Waals surface area (Å²) < 4.78 is 20.7. The quantitative estimate of drug-likeness (QED) is 0.392. The summed E-state index contributed by atoms with van der Waals surface area (Å²) in [7, 11) is 1.34. The monoisotopic (exact) mass is 230 g/mol. The molecule has 5 heteroatoms. The molecule has 1 saturated heterocycles. The first-order valence-electron chi connectivity index (χ1n) is 5.20. The molecule has 1 heterocycles. The first kappa shape index (κ1) is 13.2. The Morgan fingerprint density at radius 2 is 2.31 bits per heavy atom. The average molecular weight is 230 g/mol. The molecule has 1 rings (SSSR count). The molecule has 0 spiro atoms. The molecule has 0 bridgehead atoms. The summed E-state index contributed by atoms with van der Waals surface area (Å²) in [4.78, 5) is 10.7. The van der Waals surface area contributed by atoms with Crippen LogP contribution in [0.1, 0.15) is 6.92 Å². The van der Waals surface area contributed by atoms with Crippen LogP contribution >= 0.6 is 0 Å². The van der Waals surface area contributed by atoms with Gasteiger partial charge in [0.2, 0.25) is 0 Å². The maximum Gasteiger partial charge on any atom is 0.330 e. The number of carbonyl (C=O) groups is 1. The molecule has 0 aromatic rings. The molecule has 1 unspecified atom stereocenters. The van der Waals surface area contributed by atoms with E-state index in [1.54, 1.807) is 6.08 Å². The van der Waals surface area contributed by atoms with Crippen LogP contribution in [-0.2, 0) is 23.7 Å². The molecular weight excluding hydrogens is 212 g/mol. The van der Waals surface area contributed by atoms with Crippen LogP contribution in [0.3, 0.4) is 0 Å². The molecule has 5 nitrogen and oxygen atoms in total. The summed E-state index contributed by atoms with van der Waals surface area (Å²) in [6, 6.07) is 0. The third-order valence-corrected chi connectivity index (χ3v) is 2.16. The molecule has 1 aliphatic rings. The molecule has 92 valence electrons. The van der Waals surface area contributed by atoms with Gasteiger partial charge in [-0.2, -0.15) is 0 Å². The minimum atomic E-state index is -0.382. The van der Waals surface area contributed by atoms with E-state index in [1.807, 2.05) is 6.92 Å². The Morgan fingerprint density at radius 3 is 2.94 bits per heavy atom. The van der Waals surface area contributed by atoms with E-state index in [0.717, 1.165) is 0 Å². The van der Waals surface area contributed by atoms with Gasteiger partial charge in [0.15, 0.2) is 0 Å². The van der Waals surface area contributed by atoms with Crippen LogP contribution in [-0.4, -0.2) is 51.7 Å². The second kappa shape index (κ2) is 6.62. The summed E-state index contributed by atoms with van der Waals surface area (Å²) in [5.74, 6) is -0.382. The van der Waals surface area contributed by atoms with Crippen molar-refractivity contribution in [2.45, 2.75) is 12.5 Å². The summed E-state index contributed by atoms with van der Waals surface area (Å²) in [5, 5.41) is 0. The number of esters is 1. The minimum Gasteiger partial charge on any atom is -0.466 e. The van der Waals surface area contributed by atoms with Crippen molar-refractivity contribution in [3.63, 3.8) is 0 Å². The fourth-order valence-corrected chi connectivity index (χ4v) is 1.32. The van der Waals surface area contributed by atoms with Crippen molar-refractivity contribution >= 4 is 5.97 Å². The molecule has 0 aromatic heterocycles. The van der Waals surface area contributed by atoms with Gasteiger partial charge in [0, 0.05) is 6.08 Å². The van der Waals surface area contributed by atoms with E-state index in [2.05, 4.69) is 4.74 Å². The Labute approximate surface area is 95.3 Å². The number of rotatable bonds is 5. The molecule has 0 aromatic carbocycles. The van der Waals surface area contributed by atoms with Crippen molar-refractivity contribution in [1.82, 2.24) is 0 Å². The van der Waals surface area contributed by atoms with Gasteiger partial charge in [0.05, 0.1) is 40.1 Å². The van der Waals surface area contributed by atoms with Gasteiger partial charge in [-0.25, -0.2) is 4.79 Å². The van der Waals surface area contributed by atoms with Crippen LogP contribution in [0.15, 0.2) is 12.2 Å². The van der Waals surface area contributed by atoms with Gasteiger partial charge in [-0.05, 0) is 6.92 Å². The molecule has 0 radical (unpaired) electrons. The Morgan fingerprint density at radius 1 is 1.50 bits per heavy atom. The third kappa shape index (κ3) is 4.74. The maximum atomic E-state index is 10.7. The first-order chi connectivity index (χ1) is 7.66. The Kier molecular flexibility index (Phi) is 5.45. The van der Waals surface area contributed by atoms with Crippen LogP contribution in [0.2, 0.25) is 0 Å². The molecule has 0 amide bonds. The first-order valence-corrected chi connectivity index (χ1v) is 5.20. The molecular formula is C11H18O5. The largest absolute Gasteiger partial charge is 0.466 e. The molecule has 0 N–H and O–H groups in total. The van der Waals surface area contributed by atoms with Gasteiger partial charge in [-0.3, -0.25) is 0 Å². The van der Waals surface area contributed by atoms with E-state index < -0.39 is 0 Å². The predicted octanol–water partition coefficient (Wildman–Crippen LogP) is 0.538. The van der Waals surface area contributed by atoms with E-state index in [-0.39, 0.29) is 11.6 Å². The van der Waals surface area contributed by atoms with Gasteiger partial charge in [0.1, 0.15) is 5.60 Å². The lowest BCUT2D eigenvalue weighted by Crippen LogP contribution is -2.44. The van der Waals surface area contributed by atoms with E-state index >= 15 is 0 Å². The van der Waals surface area contributed by atoms with Crippen LogP contribution < -0.4 is 0 Å². The highest BCUT2D eigenvalue weighted by atomic mass is 16.6. The van der Waals surface area contributed by atoms with Crippen molar-refractivity contribution in [3.05, 3.63) is 12.2 Å². The van der Waals surface area contributed by atoms with Gasteiger partial charge < -0.3 is 18.9 Å². The number of methoxy groups -OCH3 is 1. The highest BCUT2D eigenvalue weighted by Crippen LogP contribution is 2.15. The van der Waals surface area contributed by atoms with Crippen molar-refractivity contribution in [3.8, 4) is 0 Å². The van der Waals surface area contributed by atoms with Gasteiger partial charge in [-0.1, -0.05) is 6.08 Å². The van der Waals surface area contributed by atoms with Crippen molar-refractivity contribution in [2.75, 3.05) is 40.1 Å². The van der Waals surface area contributed by atoms with Gasteiger partial charge in [0.25, 0.3) is 0 Å². The zero-order valence-corrected chi connectivity index (χ0v) is 9.73. The predicted molar refractivity (Wildman–Crippen MR) is 57.2 cm³/mol. The van der Waals surface area contributed by atoms with E-state index in [1.165, 1.54) is 13.2 Å². The van der Waals surface area contributed by atoms with Crippen molar-refractivity contribution in [2.24, 2.45) is 0 Å². The summed E-state index contributed by atoms with van der Waals surface area (Å²) >= 11 is 0. The van der Waals surface area contributed by atoms with Crippen molar-refractivity contribution < 1.29 is 23.7 Å². The zero-order chi connectivity index (χ0) is 11.9. The fourth-order valence-electron chi connectivity index (χ4n) is 1.32. The lowest BCUT2D eigenvalue weighted by atomic mass is 10.1. The fraction of sp³-hybridized carbons (Fsp3) is 0.727. The SMILES string of the molecule is COC(=O)/C=C/COCC1(C)COCCO1. The topological polar surface area (TPSA) is 54.0 Å². The number of hydrogen-bond acceptors (Lipinski definition) is 5. The van der Waals surface area contributed by atoms with Crippen LogP contribution in [0, 0.1) is 0 Å². The minimum absolute atomic E-state index is 0.355. The van der Waals surface area contributed by atoms with Crippen molar-refractivity contribution in [1.29, 1.82) is 0 Å². The van der Waals surface area contributed by atoms with E-state index in [4.69, 9.17) is 14.2 Å². The molecule has 1 fully saturated rings. The van der Waals surface area contributed by atoms with Gasteiger partial charge >= 0.3 is 5.97 Å². The Hall–Kier alpha value is -0.910. The normalized spacial score (nSPS) is 25.9. The second-order valence-electron chi connectivity index (χ2n) is 3.79. The standard InChI is InChI=1S/C11H18O5/c1-11(9-15-6-7-16-11)8-14-5-3-4-10(12)13-2/h3-4H,5-9H2,1-2H3/b4-3+. The maximum absolute atomic E-state index is 10.7. The molecule has 0 saturated carbocycles. The number of ether oxygens (including phenoxy) is 4. The lowest BCUT2D eigenvalue weighted by molar-refractivity contribution is -0.171. The Balaban J connectivity index is 2.14. The number of hydrogen-bond donors (Lipinski definition) is 0. The average Bonchev–Trinajstić information content (AvgIpc) is 2.29. The van der Waals surface area contributed by atoms with Gasteiger partial charge in [-0.15, -0.1) is 0 Å². The smallest absolute Gasteiger partial charge is 0.330 e. The second-order valence-corrected chi connectivity index (χ2v) is 3.79. The molecule has 0 aliphatic carbocycles. The number of carbonyl (C=O) groups excluding carboxylic acids is 1. The molecule has 16 heavy (non-hydrogen) atoms. The van der Waals surface area contributed by atoms with Crippen LogP contribution in [0.25, 0.3) is 0 Å². The van der Waals surface area contributed by atoms with E-state index in [0.29, 0.717) is 33.0 Å². The summed E-state index contributed by atoms with van der Waals surface area (Å²) in [6.45, 7) is 4.51. The highest BCUT2D eigenvalue weighted by Gasteiger charge is 2.28. The third-order valence-electron chi connectivity index (χ3n) is 2.16. The van der Waals surface area contributed by atoms with Crippen LogP contribution in [0.5, 0.6) is 0 Å². The van der Waals surface area contributed by atoms with E-state index in [9.17, 15) is 4.79 Å². The molecule has 1 atom stereocenters. The highest BCUT2D eigenvalue weighted by molar-refractivity contribution is 5.81. The zero-order valence-electron chi connectivity index (χ0n) is 9.73. The summed E-state index contributed by atoms with van der Waals surface area (Å²) in [5.41, 5.74) is -0.378. The lowest BCUT2D eigenvalue weighted by Gasteiger charge is -2.33.